The zero-order chi connectivity index (χ0) is 59.9. The second-order valence-corrected chi connectivity index (χ2v) is 24.0. The van der Waals surface area contributed by atoms with E-state index in [0.717, 1.165) is 91.9 Å². The minimum atomic E-state index is -0.951. The number of β-amino-alcohol motifs (C(OH)–C–C–N with tert-alkyl or cyclic N) is 1. The molecule has 3 atom stereocenters. The second-order valence-electron chi connectivity index (χ2n) is 23.2. The fourth-order valence-electron chi connectivity index (χ4n) is 11.2. The number of amides is 4. The number of fused-ring (bicyclic) bond motifs is 1. The minimum absolute atomic E-state index is 0.00310. The fourth-order valence-corrected chi connectivity index (χ4v) is 12.0. The Hall–Kier alpha value is -7.79. The summed E-state index contributed by atoms with van der Waals surface area (Å²) >= 11 is 1.57. The van der Waals surface area contributed by atoms with Gasteiger partial charge in [0.05, 0.1) is 72.1 Å². The van der Waals surface area contributed by atoms with Gasteiger partial charge in [0.25, 0.3) is 0 Å². The van der Waals surface area contributed by atoms with Crippen molar-refractivity contribution in [3.05, 3.63) is 149 Å². The third-order valence-electron chi connectivity index (χ3n) is 15.8. The third kappa shape index (κ3) is 16.1. The van der Waals surface area contributed by atoms with Gasteiger partial charge in [0, 0.05) is 69.0 Å². The summed E-state index contributed by atoms with van der Waals surface area (Å²) in [6.45, 7) is 9.53. The molecule has 85 heavy (non-hydrogen) atoms. The van der Waals surface area contributed by atoms with Gasteiger partial charge in [0.2, 0.25) is 23.6 Å². The molecule has 6 N–H and O–H groups in total. The van der Waals surface area contributed by atoms with Crippen LogP contribution in [-0.2, 0) is 41.7 Å². The SMILES string of the molecule is Cc1ncsc1-c1ccc(CNC(=O)[C@@H]2C[C@@H](O)CN2C(=O)[C@@H](NC(=O)CCOCCOCCC(=O)NCCCCC#Cc2cccc(Cn3c(-c4ccccc4)c(-c4ccccc4)c4c(=N)n(C5CCC(O)CC5)cnc43)c2)C(C)(C)C)cc1. The standard InChI is InChI=1S/C67H79N9O8S/c1-45-61(85-44-72-45)51-25-23-47(24-26-51)40-70-65(81)55-39-54(78)42-74(55)66(82)62(67(2,3)4)73-57(80)32-35-84-37-36-83-34-31-56(79)69-33-14-6-5-9-16-46-17-15-18-48(38-46)41-75-60(50-21-12-8-13-22-50)58(49-19-10-7-11-20-49)59-63(68)76(43-71-64(59)75)52-27-29-53(77)30-28-52/h7-8,10-13,15,17-26,38,43-44,52-55,62,68,77-78H,5-6,14,27-37,39-42H2,1-4H3,(H,69,79)(H,70,81)(H,73,80)/t52?,53?,54-,55+,62-/m1/s1. The Bertz CT molecular complexity index is 3520. The predicted octanol–water partition coefficient (Wildman–Crippen LogP) is 8.87. The molecular weight excluding hydrogens is 1090 g/mol. The molecule has 18 heteroatoms. The van der Waals surface area contributed by atoms with Crippen molar-refractivity contribution >= 4 is 46.0 Å². The monoisotopic (exact) mass is 1170 g/mol. The van der Waals surface area contributed by atoms with Crippen LogP contribution < -0.4 is 21.4 Å². The van der Waals surface area contributed by atoms with Gasteiger partial charge < -0.3 is 49.7 Å². The number of likely N-dealkylation sites (tertiary alicyclic amines) is 1. The van der Waals surface area contributed by atoms with Gasteiger partial charge in [-0.15, -0.1) is 11.3 Å². The number of carbonyl (C=O) groups excluding carboxylic acids is 4. The number of aliphatic hydroxyl groups excluding tert-OH is 2. The highest BCUT2D eigenvalue weighted by atomic mass is 32.1. The lowest BCUT2D eigenvalue weighted by molar-refractivity contribution is -0.144. The smallest absolute Gasteiger partial charge is 0.246 e. The molecule has 7 aromatic rings. The molecule has 446 valence electrons. The van der Waals surface area contributed by atoms with Gasteiger partial charge in [-0.05, 0) is 90.8 Å². The van der Waals surface area contributed by atoms with Crippen molar-refractivity contribution in [2.45, 2.75) is 135 Å². The second kappa shape index (κ2) is 29.3. The average Bonchev–Trinajstić information content (AvgIpc) is 1.77. The number of aryl methyl sites for hydroxylation is 1. The van der Waals surface area contributed by atoms with Crippen molar-refractivity contribution in [2.75, 3.05) is 39.5 Å². The van der Waals surface area contributed by atoms with Crippen LogP contribution in [0.5, 0.6) is 0 Å². The number of thiazole rings is 1. The van der Waals surface area contributed by atoms with Gasteiger partial charge in [-0.2, -0.15) is 0 Å². The summed E-state index contributed by atoms with van der Waals surface area (Å²) in [4.78, 5) is 65.1. The molecule has 4 amide bonds. The van der Waals surface area contributed by atoms with Gasteiger partial charge in [0.1, 0.15) is 23.2 Å². The predicted molar refractivity (Wildman–Crippen MR) is 330 cm³/mol. The summed E-state index contributed by atoms with van der Waals surface area (Å²) in [5.41, 5.74) is 11.2. The van der Waals surface area contributed by atoms with Crippen LogP contribution >= 0.6 is 11.3 Å². The van der Waals surface area contributed by atoms with Crippen molar-refractivity contribution in [1.82, 2.24) is 40.0 Å². The molecule has 4 heterocycles. The van der Waals surface area contributed by atoms with E-state index in [1.165, 1.54) is 4.90 Å². The van der Waals surface area contributed by atoms with E-state index in [1.807, 2.05) is 117 Å². The maximum Gasteiger partial charge on any atom is 0.246 e. The average molecular weight is 1170 g/mol. The number of rotatable bonds is 24. The summed E-state index contributed by atoms with van der Waals surface area (Å²) in [5.74, 6) is 5.37. The van der Waals surface area contributed by atoms with E-state index in [2.05, 4.69) is 73.7 Å². The number of unbranched alkanes of at least 4 members (excludes halogenated alkanes) is 2. The Morgan fingerprint density at radius 3 is 2.15 bits per heavy atom. The number of ether oxygens (including phenoxy) is 2. The maximum atomic E-state index is 14.0. The van der Waals surface area contributed by atoms with E-state index in [9.17, 15) is 34.8 Å². The Labute approximate surface area is 501 Å². The Balaban J connectivity index is 0.675. The Morgan fingerprint density at radius 1 is 0.776 bits per heavy atom. The van der Waals surface area contributed by atoms with Crippen molar-refractivity contribution in [3.8, 4) is 44.7 Å². The van der Waals surface area contributed by atoms with Crippen molar-refractivity contribution in [1.29, 1.82) is 5.41 Å². The fraction of sp³-hybridized carbons (Fsp3) is 0.418. The summed E-state index contributed by atoms with van der Waals surface area (Å²) in [7, 11) is 0. The van der Waals surface area contributed by atoms with E-state index in [0.29, 0.717) is 37.8 Å². The number of benzene rings is 4. The highest BCUT2D eigenvalue weighted by molar-refractivity contribution is 7.13. The molecule has 1 saturated heterocycles. The van der Waals surface area contributed by atoms with E-state index < -0.39 is 29.5 Å². The molecule has 1 aliphatic carbocycles. The van der Waals surface area contributed by atoms with Crippen LogP contribution in [-0.4, -0.2) is 122 Å². The van der Waals surface area contributed by atoms with Crippen LogP contribution in [0, 0.1) is 29.6 Å². The number of hydrogen-bond acceptors (Lipinski definition) is 12. The van der Waals surface area contributed by atoms with Gasteiger partial charge in [-0.25, -0.2) is 9.97 Å². The molecule has 9 rings (SSSR count). The molecule has 3 aromatic heterocycles. The highest BCUT2D eigenvalue weighted by Crippen LogP contribution is 2.40. The zero-order valence-corrected chi connectivity index (χ0v) is 50.0. The molecule has 0 radical (unpaired) electrons. The first kappa shape index (κ1) is 61.8. The van der Waals surface area contributed by atoms with Crippen LogP contribution in [0.4, 0.5) is 0 Å². The van der Waals surface area contributed by atoms with Crippen molar-refractivity contribution in [3.63, 3.8) is 0 Å². The largest absolute Gasteiger partial charge is 0.393 e. The molecule has 0 spiro atoms. The number of carbonyl (C=O) groups is 4. The van der Waals surface area contributed by atoms with E-state index in [1.54, 1.807) is 11.3 Å². The van der Waals surface area contributed by atoms with Gasteiger partial charge in [0.15, 0.2) is 0 Å². The number of aromatic nitrogens is 4. The third-order valence-corrected chi connectivity index (χ3v) is 16.8. The molecule has 1 saturated carbocycles. The summed E-state index contributed by atoms with van der Waals surface area (Å²) < 4.78 is 15.5. The molecule has 1 aliphatic heterocycles. The molecule has 2 fully saturated rings. The van der Waals surface area contributed by atoms with Crippen LogP contribution in [0.15, 0.2) is 121 Å². The topological polar surface area (TPSA) is 226 Å². The quantitative estimate of drug-likeness (QED) is 0.0249. The maximum absolute atomic E-state index is 14.0. The van der Waals surface area contributed by atoms with Crippen LogP contribution in [0.25, 0.3) is 43.9 Å². The molecule has 0 bridgehead atoms. The van der Waals surface area contributed by atoms with E-state index in [-0.39, 0.29) is 88.6 Å². The molecular formula is C67H79N9O8S. The highest BCUT2D eigenvalue weighted by Gasteiger charge is 2.44. The first-order chi connectivity index (χ1) is 41.1. The zero-order valence-electron chi connectivity index (χ0n) is 49.1. The van der Waals surface area contributed by atoms with E-state index in [4.69, 9.17) is 14.5 Å². The van der Waals surface area contributed by atoms with Crippen molar-refractivity contribution in [2.24, 2.45) is 5.41 Å². The van der Waals surface area contributed by atoms with Crippen LogP contribution in [0.1, 0.15) is 113 Å². The summed E-state index contributed by atoms with van der Waals surface area (Å²) in [5, 5.41) is 40.1. The molecule has 17 nitrogen and oxygen atoms in total. The van der Waals surface area contributed by atoms with Gasteiger partial charge in [-0.3, -0.25) is 24.6 Å². The lowest BCUT2D eigenvalue weighted by atomic mass is 9.85. The summed E-state index contributed by atoms with van der Waals surface area (Å²) in [6.07, 6.45) is 6.23. The number of aliphatic hydroxyl groups is 2. The Kier molecular flexibility index (Phi) is 21.3. The Morgan fingerprint density at radius 2 is 1.47 bits per heavy atom. The van der Waals surface area contributed by atoms with Crippen LogP contribution in [0.3, 0.4) is 0 Å². The van der Waals surface area contributed by atoms with Gasteiger partial charge >= 0.3 is 0 Å². The van der Waals surface area contributed by atoms with Crippen LogP contribution in [0.2, 0.25) is 0 Å². The first-order valence-corrected chi connectivity index (χ1v) is 30.5. The number of nitrogens with zero attached hydrogens (tertiary/aromatic N) is 5. The first-order valence-electron chi connectivity index (χ1n) is 29.6. The summed E-state index contributed by atoms with van der Waals surface area (Å²) in [6, 6.07) is 35.0. The normalized spacial score (nSPS) is 17.3. The molecule has 4 aromatic carbocycles. The lowest BCUT2D eigenvalue weighted by Gasteiger charge is -2.35. The van der Waals surface area contributed by atoms with Gasteiger partial charge in [-0.1, -0.05) is 130 Å². The lowest BCUT2D eigenvalue weighted by Crippen LogP contribution is -2.57. The van der Waals surface area contributed by atoms with Crippen molar-refractivity contribution < 1.29 is 38.9 Å². The molecule has 0 unspecified atom stereocenters. The molecule has 2 aliphatic rings. The minimum Gasteiger partial charge on any atom is -0.393 e. The number of nitrogens with one attached hydrogen (secondary N) is 4. The van der Waals surface area contributed by atoms with E-state index >= 15 is 0 Å². The number of hydrogen-bond donors (Lipinski definition) is 6.